The molecule has 0 heterocycles. The van der Waals surface area contributed by atoms with Gasteiger partial charge in [0, 0.05) is 6.04 Å². The summed E-state index contributed by atoms with van der Waals surface area (Å²) in [5, 5.41) is 0. The Balaban J connectivity index is 1.60. The smallest absolute Gasteiger partial charge is 0.00472 e. The van der Waals surface area contributed by atoms with Gasteiger partial charge in [-0.15, -0.1) is 0 Å². The van der Waals surface area contributed by atoms with Gasteiger partial charge in [-0.1, -0.05) is 49.9 Å². The molecule has 2 N–H and O–H groups in total. The normalized spacial score (nSPS) is 25.2. The van der Waals surface area contributed by atoms with Gasteiger partial charge in [0.2, 0.25) is 0 Å². The SMILES string of the molecule is NC(CC1CCCC1)CC1CCCc2ccccc21. The summed E-state index contributed by atoms with van der Waals surface area (Å²) in [5.41, 5.74) is 9.61. The Morgan fingerprint density at radius 3 is 2.63 bits per heavy atom. The zero-order chi connectivity index (χ0) is 13.1. The monoisotopic (exact) mass is 257 g/mol. The van der Waals surface area contributed by atoms with E-state index in [4.69, 9.17) is 5.73 Å². The summed E-state index contributed by atoms with van der Waals surface area (Å²) in [5.74, 6) is 1.65. The summed E-state index contributed by atoms with van der Waals surface area (Å²) in [7, 11) is 0. The fourth-order valence-electron chi connectivity index (χ4n) is 4.24. The zero-order valence-corrected chi connectivity index (χ0v) is 12.0. The molecule has 0 bridgehead atoms. The van der Waals surface area contributed by atoms with E-state index in [9.17, 15) is 0 Å². The van der Waals surface area contributed by atoms with E-state index in [2.05, 4.69) is 24.3 Å². The molecule has 104 valence electrons. The number of hydrogen-bond donors (Lipinski definition) is 1. The minimum atomic E-state index is 0.416. The molecule has 2 atom stereocenters. The predicted octanol–water partition coefficient (Wildman–Crippen LogP) is 4.40. The van der Waals surface area contributed by atoms with Crippen LogP contribution < -0.4 is 5.73 Å². The van der Waals surface area contributed by atoms with Gasteiger partial charge in [0.1, 0.15) is 0 Å². The van der Waals surface area contributed by atoms with Crippen molar-refractivity contribution in [1.82, 2.24) is 0 Å². The maximum Gasteiger partial charge on any atom is 0.00472 e. The van der Waals surface area contributed by atoms with E-state index in [-0.39, 0.29) is 0 Å². The second-order valence-electron chi connectivity index (χ2n) is 6.67. The van der Waals surface area contributed by atoms with E-state index in [1.165, 1.54) is 57.8 Å². The van der Waals surface area contributed by atoms with Crippen molar-refractivity contribution in [3.05, 3.63) is 35.4 Å². The van der Waals surface area contributed by atoms with Gasteiger partial charge >= 0.3 is 0 Å². The van der Waals surface area contributed by atoms with Gasteiger partial charge in [-0.3, -0.25) is 0 Å². The average molecular weight is 257 g/mol. The fourth-order valence-corrected chi connectivity index (χ4v) is 4.24. The van der Waals surface area contributed by atoms with Crippen LogP contribution in [0.5, 0.6) is 0 Å². The molecule has 0 spiro atoms. The summed E-state index contributed by atoms with van der Waals surface area (Å²) in [4.78, 5) is 0. The van der Waals surface area contributed by atoms with Gasteiger partial charge in [0.05, 0.1) is 0 Å². The van der Waals surface area contributed by atoms with Crippen LogP contribution in [0.4, 0.5) is 0 Å². The lowest BCUT2D eigenvalue weighted by atomic mass is 9.78. The highest BCUT2D eigenvalue weighted by Crippen LogP contribution is 2.36. The minimum Gasteiger partial charge on any atom is -0.328 e. The lowest BCUT2D eigenvalue weighted by Crippen LogP contribution is -2.26. The standard InChI is InChI=1S/C18H27N/c19-17(12-14-6-1-2-7-14)13-16-10-5-9-15-8-3-4-11-18(15)16/h3-4,8,11,14,16-17H,1-2,5-7,9-10,12-13,19H2. The number of fused-ring (bicyclic) bond motifs is 1. The lowest BCUT2D eigenvalue weighted by molar-refractivity contribution is 0.389. The Hall–Kier alpha value is -0.820. The summed E-state index contributed by atoms with van der Waals surface area (Å²) < 4.78 is 0. The number of aryl methyl sites for hydroxylation is 1. The Morgan fingerprint density at radius 1 is 1.00 bits per heavy atom. The molecule has 1 aromatic carbocycles. The molecule has 2 aliphatic rings. The lowest BCUT2D eigenvalue weighted by Gasteiger charge is -2.28. The first-order valence-corrected chi connectivity index (χ1v) is 8.16. The molecule has 3 rings (SSSR count). The molecule has 1 fully saturated rings. The topological polar surface area (TPSA) is 26.0 Å². The molecule has 1 aromatic rings. The van der Waals surface area contributed by atoms with Crippen molar-refractivity contribution < 1.29 is 0 Å². The predicted molar refractivity (Wildman–Crippen MR) is 81.3 cm³/mol. The van der Waals surface area contributed by atoms with E-state index in [0.717, 1.165) is 11.8 Å². The molecule has 2 unspecified atom stereocenters. The first-order valence-electron chi connectivity index (χ1n) is 8.16. The summed E-state index contributed by atoms with van der Waals surface area (Å²) in [6, 6.07) is 9.43. The van der Waals surface area contributed by atoms with Crippen LogP contribution in [0.25, 0.3) is 0 Å². The molecular weight excluding hydrogens is 230 g/mol. The number of rotatable bonds is 4. The van der Waals surface area contributed by atoms with Crippen LogP contribution in [-0.4, -0.2) is 6.04 Å². The Kier molecular flexibility index (Phi) is 4.22. The molecular formula is C18H27N. The van der Waals surface area contributed by atoms with Crippen LogP contribution in [0.1, 0.15) is 68.4 Å². The molecule has 1 heteroatoms. The van der Waals surface area contributed by atoms with Gasteiger partial charge in [-0.2, -0.15) is 0 Å². The zero-order valence-electron chi connectivity index (χ0n) is 12.0. The van der Waals surface area contributed by atoms with E-state index >= 15 is 0 Å². The Bertz CT molecular complexity index is 406. The third-order valence-corrected chi connectivity index (χ3v) is 5.19. The second-order valence-corrected chi connectivity index (χ2v) is 6.67. The molecule has 2 aliphatic carbocycles. The van der Waals surface area contributed by atoms with Crippen LogP contribution in [0, 0.1) is 5.92 Å². The van der Waals surface area contributed by atoms with Crippen LogP contribution >= 0.6 is 0 Å². The van der Waals surface area contributed by atoms with Crippen LogP contribution in [-0.2, 0) is 6.42 Å². The van der Waals surface area contributed by atoms with Crippen LogP contribution in [0.2, 0.25) is 0 Å². The van der Waals surface area contributed by atoms with Crippen molar-refractivity contribution in [2.75, 3.05) is 0 Å². The maximum absolute atomic E-state index is 6.44. The quantitative estimate of drug-likeness (QED) is 0.849. The van der Waals surface area contributed by atoms with Gasteiger partial charge in [0.25, 0.3) is 0 Å². The Labute approximate surface area is 117 Å². The third-order valence-electron chi connectivity index (χ3n) is 5.19. The first-order chi connectivity index (χ1) is 9.33. The highest BCUT2D eigenvalue weighted by molar-refractivity contribution is 5.32. The number of nitrogens with two attached hydrogens (primary N) is 1. The summed E-state index contributed by atoms with van der Waals surface area (Å²) >= 11 is 0. The molecule has 1 nitrogen and oxygen atoms in total. The van der Waals surface area contributed by atoms with Crippen molar-refractivity contribution in [2.45, 2.75) is 69.7 Å². The van der Waals surface area contributed by atoms with Crippen molar-refractivity contribution in [3.8, 4) is 0 Å². The van der Waals surface area contributed by atoms with Crippen molar-refractivity contribution in [1.29, 1.82) is 0 Å². The molecule has 0 saturated heterocycles. The summed E-state index contributed by atoms with van der Waals surface area (Å²) in [6.07, 6.45) is 12.1. The molecule has 19 heavy (non-hydrogen) atoms. The number of hydrogen-bond acceptors (Lipinski definition) is 1. The molecule has 1 saturated carbocycles. The number of benzene rings is 1. The van der Waals surface area contributed by atoms with Crippen molar-refractivity contribution >= 4 is 0 Å². The van der Waals surface area contributed by atoms with Crippen LogP contribution in [0.3, 0.4) is 0 Å². The molecule has 0 amide bonds. The van der Waals surface area contributed by atoms with E-state index < -0.39 is 0 Å². The van der Waals surface area contributed by atoms with Crippen molar-refractivity contribution in [3.63, 3.8) is 0 Å². The average Bonchev–Trinajstić information content (AvgIpc) is 2.92. The molecule has 0 radical (unpaired) electrons. The first kappa shape index (κ1) is 13.2. The van der Waals surface area contributed by atoms with Gasteiger partial charge in [-0.25, -0.2) is 0 Å². The minimum absolute atomic E-state index is 0.416. The maximum atomic E-state index is 6.44. The van der Waals surface area contributed by atoms with Crippen molar-refractivity contribution in [2.24, 2.45) is 11.7 Å². The Morgan fingerprint density at radius 2 is 1.79 bits per heavy atom. The van der Waals surface area contributed by atoms with Crippen LogP contribution in [0.15, 0.2) is 24.3 Å². The highest BCUT2D eigenvalue weighted by Gasteiger charge is 2.24. The summed E-state index contributed by atoms with van der Waals surface area (Å²) in [6.45, 7) is 0. The highest BCUT2D eigenvalue weighted by atomic mass is 14.6. The van der Waals surface area contributed by atoms with Gasteiger partial charge in [-0.05, 0) is 55.1 Å². The largest absolute Gasteiger partial charge is 0.328 e. The second kappa shape index (κ2) is 6.09. The van der Waals surface area contributed by atoms with Gasteiger partial charge in [0.15, 0.2) is 0 Å². The molecule has 0 aliphatic heterocycles. The van der Waals surface area contributed by atoms with E-state index in [1.54, 1.807) is 11.1 Å². The fraction of sp³-hybridized carbons (Fsp3) is 0.667. The van der Waals surface area contributed by atoms with E-state index in [0.29, 0.717) is 6.04 Å². The molecule has 0 aromatic heterocycles. The third kappa shape index (κ3) is 3.20. The van der Waals surface area contributed by atoms with Gasteiger partial charge < -0.3 is 5.73 Å². The van der Waals surface area contributed by atoms with E-state index in [1.807, 2.05) is 0 Å².